The number of fused-ring (bicyclic) bond motifs is 1. The maximum atomic E-state index is 13.4. The Kier molecular flexibility index (Phi) is 5.28. The molecule has 1 spiro atoms. The summed E-state index contributed by atoms with van der Waals surface area (Å²) >= 11 is 0. The average molecular weight is 457 g/mol. The molecular weight excluding hydrogens is 434 g/mol. The van der Waals surface area contributed by atoms with Crippen LogP contribution in [0.4, 0.5) is 10.5 Å². The SMILES string of the molecule is COc1ccc(CN2C(=O)NC3(Cc4ccc([N+](=O)[O-])cc4C3)C2=O)cc1Cc1ccccc1. The van der Waals surface area contributed by atoms with Crippen molar-refractivity contribution < 1.29 is 19.2 Å². The van der Waals surface area contributed by atoms with E-state index in [1.54, 1.807) is 13.2 Å². The molecule has 1 atom stereocenters. The lowest BCUT2D eigenvalue weighted by molar-refractivity contribution is -0.384. The monoisotopic (exact) mass is 457 g/mol. The fourth-order valence-electron chi connectivity index (χ4n) is 4.90. The molecule has 0 saturated carbocycles. The number of rotatable bonds is 6. The minimum Gasteiger partial charge on any atom is -0.496 e. The van der Waals surface area contributed by atoms with Crippen LogP contribution in [0.3, 0.4) is 0 Å². The van der Waals surface area contributed by atoms with Crippen molar-refractivity contribution in [2.75, 3.05) is 7.11 Å². The first-order chi connectivity index (χ1) is 16.4. The Bertz CT molecular complexity index is 1310. The summed E-state index contributed by atoms with van der Waals surface area (Å²) in [7, 11) is 1.62. The first-order valence-corrected chi connectivity index (χ1v) is 11.0. The van der Waals surface area contributed by atoms with Gasteiger partial charge in [0.2, 0.25) is 0 Å². The first kappa shape index (κ1) is 21.6. The summed E-state index contributed by atoms with van der Waals surface area (Å²) in [5.41, 5.74) is 3.37. The van der Waals surface area contributed by atoms with Crippen LogP contribution in [0.25, 0.3) is 0 Å². The van der Waals surface area contributed by atoms with E-state index in [1.165, 1.54) is 17.0 Å². The van der Waals surface area contributed by atoms with Gasteiger partial charge in [0.05, 0.1) is 18.6 Å². The Morgan fingerprint density at radius 1 is 1.00 bits per heavy atom. The smallest absolute Gasteiger partial charge is 0.325 e. The van der Waals surface area contributed by atoms with Gasteiger partial charge in [-0.25, -0.2) is 4.79 Å². The Labute approximate surface area is 196 Å². The van der Waals surface area contributed by atoms with E-state index in [4.69, 9.17) is 4.74 Å². The number of non-ortho nitro benzene ring substituents is 1. The highest BCUT2D eigenvalue weighted by Gasteiger charge is 2.54. The van der Waals surface area contributed by atoms with Gasteiger partial charge in [-0.2, -0.15) is 0 Å². The number of nitro benzene ring substituents is 1. The molecule has 2 aliphatic rings. The molecule has 8 heteroatoms. The molecule has 1 unspecified atom stereocenters. The molecule has 3 aromatic carbocycles. The standard InChI is InChI=1S/C26H23N3O5/c1-34-23-10-7-18(12-20(23)11-17-5-3-2-4-6-17)16-28-24(30)26(27-25(28)31)14-19-8-9-22(29(32)33)13-21(19)15-26/h2-10,12-13H,11,14-16H2,1H3,(H,27,31). The molecule has 1 saturated heterocycles. The molecule has 1 aliphatic heterocycles. The van der Waals surface area contributed by atoms with Gasteiger partial charge >= 0.3 is 6.03 Å². The van der Waals surface area contributed by atoms with Gasteiger partial charge in [0, 0.05) is 31.4 Å². The van der Waals surface area contributed by atoms with Crippen LogP contribution in [0.1, 0.15) is 27.8 Å². The third-order valence-electron chi connectivity index (χ3n) is 6.55. The van der Waals surface area contributed by atoms with E-state index in [1.807, 2.05) is 48.5 Å². The number of carbonyl (C=O) groups excluding carboxylic acids is 2. The third kappa shape index (κ3) is 3.77. The number of nitrogens with one attached hydrogen (secondary N) is 1. The van der Waals surface area contributed by atoms with Crippen molar-refractivity contribution in [3.05, 3.63) is 105 Å². The summed E-state index contributed by atoms with van der Waals surface area (Å²) in [5, 5.41) is 14.0. The van der Waals surface area contributed by atoms with Crippen molar-refractivity contribution in [2.24, 2.45) is 0 Å². The third-order valence-corrected chi connectivity index (χ3v) is 6.55. The van der Waals surface area contributed by atoms with Crippen molar-refractivity contribution in [1.82, 2.24) is 10.2 Å². The van der Waals surface area contributed by atoms with Gasteiger partial charge in [-0.3, -0.25) is 19.8 Å². The maximum absolute atomic E-state index is 13.4. The molecule has 0 radical (unpaired) electrons. The predicted molar refractivity (Wildman–Crippen MR) is 125 cm³/mol. The Morgan fingerprint density at radius 2 is 1.76 bits per heavy atom. The molecule has 8 nitrogen and oxygen atoms in total. The van der Waals surface area contributed by atoms with Crippen LogP contribution in [-0.2, 0) is 30.6 Å². The average Bonchev–Trinajstić information content (AvgIpc) is 3.30. The van der Waals surface area contributed by atoms with Crippen LogP contribution >= 0.6 is 0 Å². The number of ether oxygens (including phenoxy) is 1. The van der Waals surface area contributed by atoms with Crippen molar-refractivity contribution in [2.45, 2.75) is 31.3 Å². The van der Waals surface area contributed by atoms with Crippen LogP contribution in [0, 0.1) is 10.1 Å². The van der Waals surface area contributed by atoms with Crippen molar-refractivity contribution in [3.8, 4) is 5.75 Å². The van der Waals surface area contributed by atoms with Gasteiger partial charge in [-0.15, -0.1) is 0 Å². The van der Waals surface area contributed by atoms with Gasteiger partial charge in [-0.1, -0.05) is 42.5 Å². The number of amides is 3. The van der Waals surface area contributed by atoms with Gasteiger partial charge in [0.15, 0.2) is 0 Å². The highest BCUT2D eigenvalue weighted by molar-refractivity contribution is 6.07. The Hall–Kier alpha value is -4.20. The summed E-state index contributed by atoms with van der Waals surface area (Å²) < 4.78 is 5.52. The Balaban J connectivity index is 1.37. The van der Waals surface area contributed by atoms with Gasteiger partial charge < -0.3 is 10.1 Å². The number of hydrogen-bond acceptors (Lipinski definition) is 5. The zero-order valence-electron chi connectivity index (χ0n) is 18.6. The van der Waals surface area contributed by atoms with E-state index < -0.39 is 16.5 Å². The summed E-state index contributed by atoms with van der Waals surface area (Å²) in [4.78, 5) is 38.2. The molecule has 1 N–H and O–H groups in total. The summed E-state index contributed by atoms with van der Waals surface area (Å²) in [6.07, 6.45) is 1.23. The number of hydrogen-bond donors (Lipinski definition) is 1. The number of imide groups is 1. The summed E-state index contributed by atoms with van der Waals surface area (Å²) in [6, 6.07) is 19.8. The molecule has 172 valence electrons. The van der Waals surface area contributed by atoms with Crippen LogP contribution in [0.2, 0.25) is 0 Å². The lowest BCUT2D eigenvalue weighted by Gasteiger charge is -2.20. The fraction of sp³-hybridized carbons (Fsp3) is 0.231. The highest BCUT2D eigenvalue weighted by atomic mass is 16.6. The molecule has 5 rings (SSSR count). The summed E-state index contributed by atoms with van der Waals surface area (Å²) in [5.74, 6) is 0.436. The van der Waals surface area contributed by atoms with E-state index in [2.05, 4.69) is 5.32 Å². The molecule has 0 bridgehead atoms. The van der Waals surface area contributed by atoms with E-state index in [0.29, 0.717) is 12.8 Å². The second kappa shape index (κ2) is 8.30. The van der Waals surface area contributed by atoms with E-state index in [0.717, 1.165) is 33.6 Å². The number of methoxy groups -OCH3 is 1. The number of benzene rings is 3. The molecule has 1 fully saturated rings. The number of nitro groups is 1. The van der Waals surface area contributed by atoms with Crippen LogP contribution in [0.5, 0.6) is 5.75 Å². The molecular formula is C26H23N3O5. The summed E-state index contributed by atoms with van der Waals surface area (Å²) in [6.45, 7) is 0.134. The molecule has 34 heavy (non-hydrogen) atoms. The van der Waals surface area contributed by atoms with Crippen LogP contribution < -0.4 is 10.1 Å². The minimum absolute atomic E-state index is 0.0198. The van der Waals surface area contributed by atoms with Gasteiger partial charge in [-0.05, 0) is 39.9 Å². The van der Waals surface area contributed by atoms with Crippen molar-refractivity contribution in [1.29, 1.82) is 0 Å². The van der Waals surface area contributed by atoms with Crippen molar-refractivity contribution in [3.63, 3.8) is 0 Å². The largest absolute Gasteiger partial charge is 0.496 e. The van der Waals surface area contributed by atoms with Gasteiger partial charge in [0.1, 0.15) is 11.3 Å². The number of carbonyl (C=O) groups is 2. The van der Waals surface area contributed by atoms with E-state index in [-0.39, 0.29) is 24.6 Å². The normalized spacial score (nSPS) is 18.8. The number of nitrogens with zero attached hydrogens (tertiary/aromatic N) is 2. The highest BCUT2D eigenvalue weighted by Crippen LogP contribution is 2.37. The number of urea groups is 1. The fourth-order valence-corrected chi connectivity index (χ4v) is 4.90. The first-order valence-electron chi connectivity index (χ1n) is 11.0. The lowest BCUT2D eigenvalue weighted by Crippen LogP contribution is -2.47. The quantitative estimate of drug-likeness (QED) is 0.345. The molecule has 1 aliphatic carbocycles. The second-order valence-electron chi connectivity index (χ2n) is 8.78. The molecule has 3 aromatic rings. The topological polar surface area (TPSA) is 102 Å². The Morgan fingerprint density at radius 3 is 2.50 bits per heavy atom. The molecule has 0 aromatic heterocycles. The van der Waals surface area contributed by atoms with Crippen LogP contribution in [0.15, 0.2) is 66.7 Å². The predicted octanol–water partition coefficient (Wildman–Crippen LogP) is 3.78. The zero-order chi connectivity index (χ0) is 23.9. The van der Waals surface area contributed by atoms with E-state index >= 15 is 0 Å². The molecule has 3 amide bonds. The van der Waals surface area contributed by atoms with Crippen molar-refractivity contribution >= 4 is 17.6 Å². The second-order valence-corrected chi connectivity index (χ2v) is 8.78. The minimum atomic E-state index is -1.09. The van der Waals surface area contributed by atoms with Gasteiger partial charge in [0.25, 0.3) is 11.6 Å². The lowest BCUT2D eigenvalue weighted by atomic mass is 9.95. The van der Waals surface area contributed by atoms with E-state index in [9.17, 15) is 19.7 Å². The van der Waals surface area contributed by atoms with Crippen LogP contribution in [-0.4, -0.2) is 34.4 Å². The zero-order valence-corrected chi connectivity index (χ0v) is 18.6. The molecule has 1 heterocycles. The maximum Gasteiger partial charge on any atom is 0.325 e.